The lowest BCUT2D eigenvalue weighted by Crippen LogP contribution is -2.39. The van der Waals surface area contributed by atoms with Gasteiger partial charge in [-0.25, -0.2) is 0 Å². The largest absolute Gasteiger partial charge is 0.379 e. The first-order valence-corrected chi connectivity index (χ1v) is 10.2. The van der Waals surface area contributed by atoms with Crippen LogP contribution in [0.5, 0.6) is 0 Å². The molecule has 0 aromatic heterocycles. The number of amides is 1. The van der Waals surface area contributed by atoms with Crippen molar-refractivity contribution in [3.63, 3.8) is 0 Å². The maximum absolute atomic E-state index is 12.6. The summed E-state index contributed by atoms with van der Waals surface area (Å²) >= 11 is 0. The molecule has 0 bridgehead atoms. The lowest BCUT2D eigenvalue weighted by atomic mass is 9.85. The van der Waals surface area contributed by atoms with E-state index in [0.29, 0.717) is 12.0 Å². The average molecular weight is 364 g/mol. The van der Waals surface area contributed by atoms with Gasteiger partial charge in [0.1, 0.15) is 0 Å². The van der Waals surface area contributed by atoms with Crippen molar-refractivity contribution in [2.45, 2.75) is 57.2 Å². The zero-order valence-electron chi connectivity index (χ0n) is 15.9. The predicted molar refractivity (Wildman–Crippen MR) is 111 cm³/mol. The van der Waals surface area contributed by atoms with Crippen LogP contribution in [0.3, 0.4) is 0 Å². The number of nitrogens with one attached hydrogen (secondary N) is 3. The minimum Gasteiger partial charge on any atom is -0.379 e. The van der Waals surface area contributed by atoms with Gasteiger partial charge in [0.25, 0.3) is 0 Å². The molecule has 3 N–H and O–H groups in total. The summed E-state index contributed by atoms with van der Waals surface area (Å²) in [5.41, 5.74) is 3.16. The molecule has 4 heteroatoms. The van der Waals surface area contributed by atoms with E-state index in [1.807, 2.05) is 30.3 Å². The molecule has 1 saturated carbocycles. The van der Waals surface area contributed by atoms with Gasteiger partial charge >= 0.3 is 0 Å². The molecule has 4 nitrogen and oxygen atoms in total. The molecule has 2 aromatic rings. The molecule has 4 rings (SSSR count). The Balaban J connectivity index is 1.32. The maximum Gasteiger partial charge on any atom is 0.241 e. The first-order chi connectivity index (χ1) is 13.2. The van der Waals surface area contributed by atoms with E-state index in [4.69, 9.17) is 0 Å². The first-order valence-electron chi connectivity index (χ1n) is 10.2. The van der Waals surface area contributed by atoms with Crippen LogP contribution in [-0.4, -0.2) is 18.0 Å². The lowest BCUT2D eigenvalue weighted by Gasteiger charge is -2.24. The highest BCUT2D eigenvalue weighted by Gasteiger charge is 2.38. The third-order valence-electron chi connectivity index (χ3n) is 6.01. The van der Waals surface area contributed by atoms with Crippen LogP contribution in [0.1, 0.15) is 50.6 Å². The number of carbonyl (C=O) groups excluding carboxylic acids is 1. The number of hydrogen-bond donors (Lipinski definition) is 3. The van der Waals surface area contributed by atoms with Gasteiger partial charge in [-0.05, 0) is 61.9 Å². The van der Waals surface area contributed by atoms with Gasteiger partial charge < -0.3 is 16.0 Å². The smallest absolute Gasteiger partial charge is 0.241 e. The Kier molecular flexibility index (Phi) is 5.44. The molecule has 0 spiro atoms. The van der Waals surface area contributed by atoms with E-state index in [9.17, 15) is 4.79 Å². The van der Waals surface area contributed by atoms with Gasteiger partial charge in [0.05, 0.1) is 6.04 Å². The zero-order chi connectivity index (χ0) is 18.6. The molecule has 0 radical (unpaired) electrons. The number of benzene rings is 2. The summed E-state index contributed by atoms with van der Waals surface area (Å²) in [6, 6.07) is 19.1. The Morgan fingerprint density at radius 3 is 2.44 bits per heavy atom. The van der Waals surface area contributed by atoms with Crippen LogP contribution in [0.25, 0.3) is 0 Å². The third kappa shape index (κ3) is 4.33. The van der Waals surface area contributed by atoms with Gasteiger partial charge in [-0.3, -0.25) is 4.79 Å². The average Bonchev–Trinajstić information content (AvgIpc) is 3.14. The van der Waals surface area contributed by atoms with Crippen LogP contribution in [0.2, 0.25) is 0 Å². The van der Waals surface area contributed by atoms with Gasteiger partial charge in [-0.2, -0.15) is 0 Å². The van der Waals surface area contributed by atoms with E-state index in [2.05, 4.69) is 47.1 Å². The van der Waals surface area contributed by atoms with Crippen molar-refractivity contribution in [1.29, 1.82) is 0 Å². The topological polar surface area (TPSA) is 53.2 Å². The quantitative estimate of drug-likeness (QED) is 0.720. The molecule has 27 heavy (non-hydrogen) atoms. The molecule has 2 aliphatic rings. The fourth-order valence-electron chi connectivity index (χ4n) is 4.48. The first kappa shape index (κ1) is 18.1. The Hall–Kier alpha value is -2.33. The van der Waals surface area contributed by atoms with Crippen molar-refractivity contribution in [3.05, 3.63) is 60.2 Å². The number of carbonyl (C=O) groups is 1. The normalized spacial score (nSPS) is 25.4. The van der Waals surface area contributed by atoms with Crippen molar-refractivity contribution in [2.75, 3.05) is 10.6 Å². The van der Waals surface area contributed by atoms with Crippen molar-refractivity contribution in [2.24, 2.45) is 5.92 Å². The third-order valence-corrected chi connectivity index (χ3v) is 6.01. The Bertz CT molecular complexity index is 745. The van der Waals surface area contributed by atoms with Crippen molar-refractivity contribution >= 4 is 17.3 Å². The summed E-state index contributed by atoms with van der Waals surface area (Å²) in [5.74, 6) is 0.781. The monoisotopic (exact) mass is 363 g/mol. The Morgan fingerprint density at radius 1 is 1.00 bits per heavy atom. The van der Waals surface area contributed by atoms with Crippen LogP contribution in [-0.2, 0) is 4.79 Å². The summed E-state index contributed by atoms with van der Waals surface area (Å²) in [4.78, 5) is 12.6. The molecule has 1 saturated heterocycles. The number of fused-ring (bicyclic) bond motifs is 1. The number of hydrogen-bond acceptors (Lipinski definition) is 3. The summed E-state index contributed by atoms with van der Waals surface area (Å²) in [5, 5.41) is 10.1. The van der Waals surface area contributed by atoms with E-state index in [0.717, 1.165) is 17.8 Å². The Labute approximate surface area is 161 Å². The molecular formula is C23H29N3O. The molecule has 2 fully saturated rings. The number of anilines is 2. The van der Waals surface area contributed by atoms with Crippen molar-refractivity contribution < 1.29 is 4.79 Å². The predicted octanol–water partition coefficient (Wildman–Crippen LogP) is 4.72. The maximum atomic E-state index is 12.6. The highest BCUT2D eigenvalue weighted by molar-refractivity contribution is 5.95. The van der Waals surface area contributed by atoms with Gasteiger partial charge in [0, 0.05) is 23.5 Å². The van der Waals surface area contributed by atoms with E-state index in [-0.39, 0.29) is 18.0 Å². The molecule has 1 amide bonds. The SMILES string of the molecule is CC(Nc1ccc(NC(=O)C2CC3CCCCC3N2)cc1)c1ccccc1. The minimum absolute atomic E-state index is 0.0472. The van der Waals surface area contributed by atoms with E-state index >= 15 is 0 Å². The van der Waals surface area contributed by atoms with Gasteiger partial charge in [0.2, 0.25) is 5.91 Å². The van der Waals surface area contributed by atoms with Crippen LogP contribution in [0.4, 0.5) is 11.4 Å². The molecule has 142 valence electrons. The fourth-order valence-corrected chi connectivity index (χ4v) is 4.48. The van der Waals surface area contributed by atoms with Crippen LogP contribution in [0, 0.1) is 5.92 Å². The van der Waals surface area contributed by atoms with Gasteiger partial charge in [-0.15, -0.1) is 0 Å². The lowest BCUT2D eigenvalue weighted by molar-refractivity contribution is -0.117. The molecular weight excluding hydrogens is 334 g/mol. The summed E-state index contributed by atoms with van der Waals surface area (Å²) < 4.78 is 0. The summed E-state index contributed by atoms with van der Waals surface area (Å²) in [7, 11) is 0. The standard InChI is InChI=1S/C23H29N3O/c1-16(17-7-3-2-4-8-17)24-19-11-13-20(14-12-19)25-23(27)22-15-18-9-5-6-10-21(18)26-22/h2-4,7-8,11-14,16,18,21-22,24,26H,5-6,9-10,15H2,1H3,(H,25,27). The fraction of sp³-hybridized carbons (Fsp3) is 0.435. The molecule has 1 heterocycles. The van der Waals surface area contributed by atoms with Gasteiger partial charge in [0.15, 0.2) is 0 Å². The van der Waals surface area contributed by atoms with Crippen molar-refractivity contribution in [3.8, 4) is 0 Å². The molecule has 4 atom stereocenters. The van der Waals surface area contributed by atoms with Crippen LogP contribution >= 0.6 is 0 Å². The number of rotatable bonds is 5. The minimum atomic E-state index is -0.0472. The van der Waals surface area contributed by atoms with E-state index in [1.165, 1.54) is 31.2 Å². The summed E-state index contributed by atoms with van der Waals surface area (Å²) in [6.45, 7) is 2.15. The molecule has 4 unspecified atom stereocenters. The van der Waals surface area contributed by atoms with E-state index < -0.39 is 0 Å². The van der Waals surface area contributed by atoms with Gasteiger partial charge in [-0.1, -0.05) is 43.2 Å². The summed E-state index contributed by atoms with van der Waals surface area (Å²) in [6.07, 6.45) is 6.06. The molecule has 1 aliphatic carbocycles. The second-order valence-electron chi connectivity index (χ2n) is 7.95. The van der Waals surface area contributed by atoms with Crippen molar-refractivity contribution in [1.82, 2.24) is 5.32 Å². The molecule has 1 aliphatic heterocycles. The second-order valence-corrected chi connectivity index (χ2v) is 7.95. The Morgan fingerprint density at radius 2 is 1.70 bits per heavy atom. The highest BCUT2D eigenvalue weighted by atomic mass is 16.2. The second kappa shape index (κ2) is 8.13. The highest BCUT2D eigenvalue weighted by Crippen LogP contribution is 2.33. The molecule has 2 aromatic carbocycles. The van der Waals surface area contributed by atoms with E-state index in [1.54, 1.807) is 0 Å². The van der Waals surface area contributed by atoms with Crippen LogP contribution in [0.15, 0.2) is 54.6 Å². The zero-order valence-corrected chi connectivity index (χ0v) is 15.9. The van der Waals surface area contributed by atoms with Crippen LogP contribution < -0.4 is 16.0 Å².